The number of benzene rings is 1. The second-order valence-corrected chi connectivity index (χ2v) is 6.22. The van der Waals surface area contributed by atoms with Crippen LogP contribution in [0.25, 0.3) is 5.69 Å². The summed E-state index contributed by atoms with van der Waals surface area (Å²) in [6, 6.07) is 6.95. The standard InChI is InChI=1S/C9H9BrN4O2S/c10-7-17(15,16)12-8-3-1-2-4-9(8)14-6-5-11-13-14/h1-6,12H,7H2. The molecule has 0 radical (unpaired) electrons. The van der Waals surface area contributed by atoms with Gasteiger partial charge in [0.15, 0.2) is 0 Å². The summed E-state index contributed by atoms with van der Waals surface area (Å²) in [5.41, 5.74) is 1.08. The molecule has 90 valence electrons. The van der Waals surface area contributed by atoms with Gasteiger partial charge in [0.2, 0.25) is 10.0 Å². The smallest absolute Gasteiger partial charge is 0.242 e. The van der Waals surface area contributed by atoms with Crippen LogP contribution in [0.2, 0.25) is 0 Å². The number of para-hydroxylation sites is 2. The highest BCUT2D eigenvalue weighted by atomic mass is 79.9. The van der Waals surface area contributed by atoms with E-state index in [0.29, 0.717) is 11.4 Å². The normalized spacial score (nSPS) is 11.4. The summed E-state index contributed by atoms with van der Waals surface area (Å²) in [6.07, 6.45) is 3.16. The van der Waals surface area contributed by atoms with Gasteiger partial charge in [-0.2, -0.15) is 0 Å². The lowest BCUT2D eigenvalue weighted by molar-refractivity contribution is 0.606. The fourth-order valence-electron chi connectivity index (χ4n) is 1.29. The Morgan fingerprint density at radius 1 is 1.35 bits per heavy atom. The lowest BCUT2D eigenvalue weighted by Crippen LogP contribution is -2.15. The number of sulfonamides is 1. The van der Waals surface area contributed by atoms with E-state index in [4.69, 9.17) is 0 Å². The van der Waals surface area contributed by atoms with E-state index >= 15 is 0 Å². The van der Waals surface area contributed by atoms with Gasteiger partial charge in [-0.25, -0.2) is 13.1 Å². The number of nitrogens with zero attached hydrogens (tertiary/aromatic N) is 3. The maximum atomic E-state index is 11.5. The lowest BCUT2D eigenvalue weighted by Gasteiger charge is -2.10. The molecule has 0 spiro atoms. The van der Waals surface area contributed by atoms with Crippen LogP contribution in [0.4, 0.5) is 5.69 Å². The minimum atomic E-state index is -3.38. The molecule has 1 heterocycles. The molecule has 17 heavy (non-hydrogen) atoms. The molecule has 0 amide bonds. The summed E-state index contributed by atoms with van der Waals surface area (Å²) >= 11 is 2.92. The predicted molar refractivity (Wildman–Crippen MR) is 67.7 cm³/mol. The molecule has 1 aromatic carbocycles. The van der Waals surface area contributed by atoms with Crippen molar-refractivity contribution in [1.29, 1.82) is 0 Å². The van der Waals surface area contributed by atoms with Crippen LogP contribution in [-0.4, -0.2) is 28.1 Å². The summed E-state index contributed by atoms with van der Waals surface area (Å²) in [6.45, 7) is 0. The van der Waals surface area contributed by atoms with E-state index in [1.807, 2.05) is 0 Å². The monoisotopic (exact) mass is 316 g/mol. The molecule has 8 heteroatoms. The number of aromatic nitrogens is 3. The van der Waals surface area contributed by atoms with Crippen LogP contribution in [0, 0.1) is 0 Å². The maximum absolute atomic E-state index is 11.5. The molecule has 0 fully saturated rings. The van der Waals surface area contributed by atoms with Gasteiger partial charge in [0.25, 0.3) is 0 Å². The molecule has 2 rings (SSSR count). The molecule has 0 atom stereocenters. The molecule has 0 saturated heterocycles. The molecule has 0 unspecified atom stereocenters. The summed E-state index contributed by atoms with van der Waals surface area (Å²) in [7, 11) is -3.38. The summed E-state index contributed by atoms with van der Waals surface area (Å²) in [4.78, 5) is 0. The van der Waals surface area contributed by atoms with E-state index in [0.717, 1.165) is 0 Å². The topological polar surface area (TPSA) is 76.9 Å². The first-order chi connectivity index (χ1) is 8.12. The van der Waals surface area contributed by atoms with Crippen LogP contribution in [0.15, 0.2) is 36.7 Å². The first kappa shape index (κ1) is 12.1. The third-order valence-electron chi connectivity index (χ3n) is 1.98. The Kier molecular flexibility index (Phi) is 3.43. The van der Waals surface area contributed by atoms with E-state index in [1.54, 1.807) is 30.5 Å². The van der Waals surface area contributed by atoms with E-state index in [1.165, 1.54) is 10.9 Å². The molecular formula is C9H9BrN4O2S. The zero-order valence-corrected chi connectivity index (χ0v) is 11.0. The van der Waals surface area contributed by atoms with Gasteiger partial charge in [-0.3, -0.25) is 4.72 Å². The molecule has 1 N–H and O–H groups in total. The SMILES string of the molecule is O=S(=O)(CBr)Nc1ccccc1-n1ccnn1. The summed E-state index contributed by atoms with van der Waals surface area (Å²) < 4.78 is 26.8. The molecule has 0 aliphatic heterocycles. The molecule has 0 aliphatic rings. The minimum absolute atomic E-state index is 0.161. The Hall–Kier alpha value is -1.41. The Morgan fingerprint density at radius 3 is 2.76 bits per heavy atom. The zero-order valence-electron chi connectivity index (χ0n) is 8.62. The van der Waals surface area contributed by atoms with Crippen molar-refractivity contribution in [3.8, 4) is 5.69 Å². The first-order valence-corrected chi connectivity index (χ1v) is 7.42. The van der Waals surface area contributed by atoms with Crippen LogP contribution in [0.1, 0.15) is 0 Å². The number of nitrogens with one attached hydrogen (secondary N) is 1. The Bertz CT molecular complexity index is 597. The Balaban J connectivity index is 2.42. The molecule has 0 saturated carbocycles. The van der Waals surface area contributed by atoms with Gasteiger partial charge in [-0.1, -0.05) is 33.3 Å². The molecule has 2 aromatic rings. The number of alkyl halides is 1. The van der Waals surface area contributed by atoms with Crippen LogP contribution >= 0.6 is 15.9 Å². The van der Waals surface area contributed by atoms with Crippen LogP contribution in [0.5, 0.6) is 0 Å². The summed E-state index contributed by atoms with van der Waals surface area (Å²) in [5, 5.41) is 7.51. The van der Waals surface area contributed by atoms with E-state index in [-0.39, 0.29) is 4.66 Å². The molecule has 1 aromatic heterocycles. The maximum Gasteiger partial charge on any atom is 0.242 e. The van der Waals surface area contributed by atoms with Crippen molar-refractivity contribution in [2.24, 2.45) is 0 Å². The Morgan fingerprint density at radius 2 is 2.12 bits per heavy atom. The number of rotatable bonds is 4. The quantitative estimate of drug-likeness (QED) is 0.864. The van der Waals surface area contributed by atoms with Crippen molar-refractivity contribution >= 4 is 31.6 Å². The van der Waals surface area contributed by atoms with Gasteiger partial charge < -0.3 is 0 Å². The largest absolute Gasteiger partial charge is 0.281 e. The van der Waals surface area contributed by atoms with Crippen molar-refractivity contribution < 1.29 is 8.42 Å². The lowest BCUT2D eigenvalue weighted by atomic mass is 10.3. The molecule has 6 nitrogen and oxygen atoms in total. The highest BCUT2D eigenvalue weighted by Gasteiger charge is 2.11. The number of hydrogen-bond donors (Lipinski definition) is 1. The minimum Gasteiger partial charge on any atom is -0.281 e. The number of hydrogen-bond acceptors (Lipinski definition) is 4. The van der Waals surface area contributed by atoms with Crippen LogP contribution < -0.4 is 4.72 Å². The average Bonchev–Trinajstić information content (AvgIpc) is 2.83. The van der Waals surface area contributed by atoms with Gasteiger partial charge in [0.05, 0.1) is 23.8 Å². The first-order valence-electron chi connectivity index (χ1n) is 4.64. The second-order valence-electron chi connectivity index (χ2n) is 3.19. The van der Waals surface area contributed by atoms with Gasteiger partial charge in [-0.05, 0) is 12.1 Å². The number of halogens is 1. The molecular weight excluding hydrogens is 308 g/mol. The molecule has 0 bridgehead atoms. The fourth-order valence-corrected chi connectivity index (χ4v) is 2.20. The zero-order chi connectivity index (χ0) is 12.3. The highest BCUT2D eigenvalue weighted by molar-refractivity contribution is 9.10. The second kappa shape index (κ2) is 4.84. The third kappa shape index (κ3) is 2.83. The highest BCUT2D eigenvalue weighted by Crippen LogP contribution is 2.20. The Labute approximate surface area is 107 Å². The summed E-state index contributed by atoms with van der Waals surface area (Å²) in [5.74, 6) is 0. The van der Waals surface area contributed by atoms with E-state index < -0.39 is 10.0 Å². The third-order valence-corrected chi connectivity index (χ3v) is 4.61. The molecule has 0 aliphatic carbocycles. The van der Waals surface area contributed by atoms with Crippen molar-refractivity contribution in [3.05, 3.63) is 36.7 Å². The van der Waals surface area contributed by atoms with E-state index in [9.17, 15) is 8.42 Å². The van der Waals surface area contributed by atoms with Crippen molar-refractivity contribution in [3.63, 3.8) is 0 Å². The van der Waals surface area contributed by atoms with Crippen LogP contribution in [0.3, 0.4) is 0 Å². The van der Waals surface area contributed by atoms with Gasteiger partial charge in [-0.15, -0.1) is 5.10 Å². The van der Waals surface area contributed by atoms with Gasteiger partial charge in [0, 0.05) is 0 Å². The van der Waals surface area contributed by atoms with Crippen molar-refractivity contribution in [2.45, 2.75) is 0 Å². The van der Waals surface area contributed by atoms with Crippen LogP contribution in [-0.2, 0) is 10.0 Å². The number of anilines is 1. The van der Waals surface area contributed by atoms with Gasteiger partial charge in [0.1, 0.15) is 4.66 Å². The van der Waals surface area contributed by atoms with Crippen molar-refractivity contribution in [2.75, 3.05) is 9.38 Å². The van der Waals surface area contributed by atoms with E-state index in [2.05, 4.69) is 31.0 Å². The van der Waals surface area contributed by atoms with Gasteiger partial charge >= 0.3 is 0 Å². The fraction of sp³-hybridized carbons (Fsp3) is 0.111. The average molecular weight is 317 g/mol. The predicted octanol–water partition coefficient (Wildman–Crippen LogP) is 1.36. The van der Waals surface area contributed by atoms with Crippen molar-refractivity contribution in [1.82, 2.24) is 15.0 Å².